The Morgan fingerprint density at radius 1 is 0.633 bits per heavy atom. The smallest absolute Gasteiger partial charge is 0.331 e. The van der Waals surface area contributed by atoms with Gasteiger partial charge >= 0.3 is 5.97 Å². The van der Waals surface area contributed by atoms with E-state index in [1.165, 1.54) is 34.1 Å². The summed E-state index contributed by atoms with van der Waals surface area (Å²) in [7, 11) is 6.07. The van der Waals surface area contributed by atoms with E-state index in [4.69, 9.17) is 71.1 Å². The molecule has 510 valence electrons. The second kappa shape index (κ2) is 27.7. The summed E-state index contributed by atoms with van der Waals surface area (Å²) in [4.78, 5) is 13.7. The van der Waals surface area contributed by atoms with Crippen molar-refractivity contribution >= 4 is 12.0 Å². The largest absolute Gasteiger partial charge is 0.456 e. The first kappa shape index (κ1) is 70.0. The lowest BCUT2D eigenvalue weighted by Crippen LogP contribution is -2.82. The van der Waals surface area contributed by atoms with E-state index in [-0.39, 0.29) is 38.2 Å². The molecule has 9 aliphatic rings. The predicted molar refractivity (Wildman–Crippen MR) is 312 cm³/mol. The molecule has 3 saturated carbocycles. The van der Waals surface area contributed by atoms with Gasteiger partial charge in [-0.25, -0.2) is 4.79 Å². The molecule has 10 N–H and O–H groups in total. The minimum Gasteiger partial charge on any atom is -0.456 e. The summed E-state index contributed by atoms with van der Waals surface area (Å²) < 4.78 is 93.4. The van der Waals surface area contributed by atoms with Crippen LogP contribution in [0, 0.1) is 16.7 Å². The van der Waals surface area contributed by atoms with Crippen LogP contribution in [-0.2, 0) is 75.8 Å². The van der Waals surface area contributed by atoms with Gasteiger partial charge in [0.1, 0.15) is 83.9 Å². The number of carbonyl (C=O) groups excluding carboxylic acids is 1. The maximum Gasteiger partial charge on any atom is 0.331 e. The topological polar surface area (TPSA) is 358 Å². The lowest BCUT2D eigenvalue weighted by molar-refractivity contribution is -0.374. The Morgan fingerprint density at radius 2 is 1.17 bits per heavy atom. The molecular formula is C64H98O26. The number of hydrogen-bond donors (Lipinski definition) is 10. The second-order valence-electron chi connectivity index (χ2n) is 26.9. The molecule has 90 heavy (non-hydrogen) atoms. The quantitative estimate of drug-likeness (QED) is 0.0520. The first-order chi connectivity index (χ1) is 42.6. The average Bonchev–Trinajstić information content (AvgIpc) is 1.34. The number of aliphatic hydroxyl groups is 10. The minimum absolute atomic E-state index is 0.0797. The average molecular weight is 1280 g/mol. The molecule has 26 heteroatoms. The van der Waals surface area contributed by atoms with Gasteiger partial charge in [-0.05, 0) is 90.2 Å². The Hall–Kier alpha value is -2.79. The van der Waals surface area contributed by atoms with Crippen LogP contribution in [0.3, 0.4) is 0 Å². The van der Waals surface area contributed by atoms with Gasteiger partial charge in [0.15, 0.2) is 31.5 Å². The predicted octanol–water partition coefficient (Wildman–Crippen LogP) is 0.793. The zero-order valence-corrected chi connectivity index (χ0v) is 53.3. The molecule has 0 amide bonds. The number of benzene rings is 1. The van der Waals surface area contributed by atoms with Gasteiger partial charge in [-0.15, -0.1) is 0 Å². The minimum atomic E-state index is -2.11. The zero-order chi connectivity index (χ0) is 65.2. The summed E-state index contributed by atoms with van der Waals surface area (Å²) in [6.45, 7) is 11.3. The number of hydrogen-bond acceptors (Lipinski definition) is 26. The summed E-state index contributed by atoms with van der Waals surface area (Å²) >= 11 is 0. The van der Waals surface area contributed by atoms with Crippen molar-refractivity contribution in [1.29, 1.82) is 0 Å². The third-order valence-electron chi connectivity index (χ3n) is 21.9. The van der Waals surface area contributed by atoms with Gasteiger partial charge in [0, 0.05) is 59.7 Å². The molecule has 5 saturated heterocycles. The molecule has 1 aromatic carbocycles. The Balaban J connectivity index is 0.735. The number of aliphatic hydroxyl groups excluding tert-OH is 7. The molecule has 10 rings (SSSR count). The Bertz CT molecular complexity index is 2620. The number of carbonyl (C=O) groups is 1. The molecule has 0 bridgehead atoms. The Morgan fingerprint density at radius 3 is 1.71 bits per heavy atom. The molecule has 1 aromatic rings. The fourth-order valence-electron chi connectivity index (χ4n) is 16.8. The maximum absolute atomic E-state index is 13.7. The summed E-state index contributed by atoms with van der Waals surface area (Å²) in [6.07, 6.45) is -19.4. The summed E-state index contributed by atoms with van der Waals surface area (Å²) in [5, 5.41) is 115. The molecule has 8 fully saturated rings. The summed E-state index contributed by atoms with van der Waals surface area (Å²) in [5.41, 5.74) is -7.38. The van der Waals surface area contributed by atoms with Crippen LogP contribution in [0.25, 0.3) is 6.08 Å². The fourth-order valence-corrected chi connectivity index (χ4v) is 16.8. The standard InChI is InChI=1S/C64H98O26/c1-30-51(87-44-27-39(77-9)52(31(2)81-44)88-45-28-40(78-10)53(32(3)82-45)89-59-49(71)55(79-11)54(33(4)83-59)90-58-48(70)47(69)46(68)41(29-65)85-58)38(76-8)26-43(80-30)84-37-20-21-60(6)36(25-37)19-22-63(74)56(60)50(72)57(86-42(67)18-17-35-15-13-12-14-16-35)61(7)62(73,34(5)66)23-24-64(61,63)75/h12-19,30-34,37-41,43-59,65-66,68-75H,20-29H2,1-11H3/b18-17-/t30-,31-,32-,33-,34+,37+,38+,39+,40-,41-,43+,44+,45+,46-,47+,48-,49-,50+,51-,52-,53-,54-,55-,56-,57-,58+,59+,60+,61-,62+,63+,64-/m1/s1. The number of esters is 1. The van der Waals surface area contributed by atoms with Gasteiger partial charge in [-0.3, -0.25) is 0 Å². The second-order valence-corrected chi connectivity index (χ2v) is 26.9. The normalized spacial score (nSPS) is 50.1. The van der Waals surface area contributed by atoms with E-state index in [1.807, 2.05) is 57.2 Å². The van der Waals surface area contributed by atoms with Crippen molar-refractivity contribution in [3.05, 3.63) is 53.6 Å². The highest BCUT2D eigenvalue weighted by Gasteiger charge is 2.83. The zero-order valence-electron chi connectivity index (χ0n) is 53.3. The number of fused-ring (bicyclic) bond motifs is 5. The molecule has 0 unspecified atom stereocenters. The molecule has 32 atom stereocenters. The summed E-state index contributed by atoms with van der Waals surface area (Å²) in [5.74, 6) is -1.88. The van der Waals surface area contributed by atoms with Crippen molar-refractivity contribution in [3.8, 4) is 0 Å². The lowest BCUT2D eigenvalue weighted by Gasteiger charge is -2.68. The third kappa shape index (κ3) is 12.5. The number of rotatable bonds is 19. The third-order valence-corrected chi connectivity index (χ3v) is 21.9. The van der Waals surface area contributed by atoms with Gasteiger partial charge < -0.3 is 122 Å². The summed E-state index contributed by atoms with van der Waals surface area (Å²) in [6, 6.07) is 9.10. The van der Waals surface area contributed by atoms with Gasteiger partial charge in [-0.2, -0.15) is 0 Å². The highest BCUT2D eigenvalue weighted by atomic mass is 16.8. The van der Waals surface area contributed by atoms with Crippen LogP contribution >= 0.6 is 0 Å². The highest BCUT2D eigenvalue weighted by Crippen LogP contribution is 2.71. The van der Waals surface area contributed by atoms with Crippen LogP contribution in [-0.4, -0.2) is 269 Å². The first-order valence-electron chi connectivity index (χ1n) is 31.8. The van der Waals surface area contributed by atoms with Crippen LogP contribution in [0.1, 0.15) is 112 Å². The van der Waals surface area contributed by atoms with Crippen molar-refractivity contribution in [3.63, 3.8) is 0 Å². The maximum atomic E-state index is 13.7. The van der Waals surface area contributed by atoms with E-state index in [1.54, 1.807) is 34.1 Å². The molecule has 5 aliphatic heterocycles. The van der Waals surface area contributed by atoms with E-state index in [0.717, 1.165) is 11.1 Å². The molecule has 4 aliphatic carbocycles. The molecule has 0 aromatic heterocycles. The van der Waals surface area contributed by atoms with Crippen molar-refractivity contribution in [2.24, 2.45) is 16.7 Å². The van der Waals surface area contributed by atoms with E-state index in [0.29, 0.717) is 25.7 Å². The fraction of sp³-hybridized carbons (Fsp3) is 0.828. The van der Waals surface area contributed by atoms with E-state index in [9.17, 15) is 55.9 Å². The molecule has 26 nitrogen and oxygen atoms in total. The van der Waals surface area contributed by atoms with E-state index < -0.39 is 200 Å². The molecule has 5 heterocycles. The molecular weight excluding hydrogens is 1180 g/mol. The first-order valence-corrected chi connectivity index (χ1v) is 31.8. The van der Waals surface area contributed by atoms with Crippen LogP contribution in [0.2, 0.25) is 0 Å². The number of methoxy groups -OCH3 is 4. The van der Waals surface area contributed by atoms with Gasteiger partial charge in [0.25, 0.3) is 0 Å². The van der Waals surface area contributed by atoms with Crippen molar-refractivity contribution < 1.29 is 127 Å². The van der Waals surface area contributed by atoms with Gasteiger partial charge in [0.05, 0.1) is 73.1 Å². The van der Waals surface area contributed by atoms with Crippen LogP contribution in [0.4, 0.5) is 0 Å². The highest BCUT2D eigenvalue weighted by molar-refractivity contribution is 5.87. The SMILES string of the molecule is CO[C@@H]1[C@@H](O)[C@H](O[C@@H]2[C@@H](C)O[C@@H](O[C@H]3[C@@H](OC)C[C@H](O[C@H]4[C@@H](OC)C[C@H](O[C@H]5CC[C@@]6(C)C(=CC[C@]7(O)[C@@H]6[C@H](O)[C@@H](OC(=O)/C=C\c6ccccc6)[C@@]6(C)[C@]7(O)CC[C@]6(O)[C@H](C)O)C5)O[C@@H]4C)O[C@@H]3C)C[C@H]2OC)O[C@H](C)[C@H]1O[C@@H]1O[C@H](CO)[C@@H](O)[C@H](O)[C@H]1O. The molecule has 0 radical (unpaired) electrons. The van der Waals surface area contributed by atoms with E-state index >= 15 is 0 Å². The van der Waals surface area contributed by atoms with Crippen molar-refractivity contribution in [2.75, 3.05) is 35.0 Å². The Kier molecular flexibility index (Phi) is 21.6. The van der Waals surface area contributed by atoms with Crippen molar-refractivity contribution in [2.45, 2.75) is 283 Å². The number of ether oxygens (including phenoxy) is 15. The van der Waals surface area contributed by atoms with E-state index in [2.05, 4.69) is 0 Å². The lowest BCUT2D eigenvalue weighted by atomic mass is 9.41. The van der Waals surface area contributed by atoms with Crippen LogP contribution in [0.5, 0.6) is 0 Å². The van der Waals surface area contributed by atoms with Gasteiger partial charge in [0.2, 0.25) is 0 Å². The Labute approximate surface area is 525 Å². The van der Waals surface area contributed by atoms with Gasteiger partial charge in [-0.1, -0.05) is 55.8 Å². The van der Waals surface area contributed by atoms with Crippen LogP contribution in [0.15, 0.2) is 48.1 Å². The monoisotopic (exact) mass is 1280 g/mol. The van der Waals surface area contributed by atoms with Crippen molar-refractivity contribution in [1.82, 2.24) is 0 Å². The molecule has 0 spiro atoms. The van der Waals surface area contributed by atoms with Crippen LogP contribution < -0.4 is 0 Å².